The standard InChI is InChI=1S/C11H9F2N3O2S/c1-5-15-6(4-19-5)2-8-14-3-7(11(17)18)9(16-8)10(12)13/h3-4,10H,2H2,1H3,(H,17,18). The van der Waals surface area contributed by atoms with Gasteiger partial charge in [0, 0.05) is 11.6 Å². The number of carbonyl (C=O) groups is 1. The van der Waals surface area contributed by atoms with Crippen molar-refractivity contribution in [2.24, 2.45) is 0 Å². The summed E-state index contributed by atoms with van der Waals surface area (Å²) in [5.41, 5.74) is -0.663. The van der Waals surface area contributed by atoms with Crippen molar-refractivity contribution in [3.05, 3.63) is 39.4 Å². The predicted molar refractivity (Wildman–Crippen MR) is 63.6 cm³/mol. The fourth-order valence-corrected chi connectivity index (χ4v) is 2.11. The van der Waals surface area contributed by atoms with Crippen molar-refractivity contribution >= 4 is 17.3 Å². The molecule has 0 radical (unpaired) electrons. The first-order valence-electron chi connectivity index (χ1n) is 5.25. The van der Waals surface area contributed by atoms with Crippen LogP contribution < -0.4 is 0 Å². The molecule has 0 atom stereocenters. The van der Waals surface area contributed by atoms with Crippen LogP contribution in [0.2, 0.25) is 0 Å². The summed E-state index contributed by atoms with van der Waals surface area (Å²) >= 11 is 1.43. The maximum Gasteiger partial charge on any atom is 0.339 e. The van der Waals surface area contributed by atoms with Gasteiger partial charge in [-0.25, -0.2) is 28.5 Å². The minimum Gasteiger partial charge on any atom is -0.478 e. The molecule has 19 heavy (non-hydrogen) atoms. The Labute approximate surface area is 111 Å². The van der Waals surface area contributed by atoms with Gasteiger partial charge in [-0.1, -0.05) is 0 Å². The molecule has 2 heterocycles. The number of halogens is 2. The molecule has 1 N–H and O–H groups in total. The van der Waals surface area contributed by atoms with Crippen LogP contribution >= 0.6 is 11.3 Å². The minimum atomic E-state index is -2.95. The molecule has 0 unspecified atom stereocenters. The Morgan fingerprint density at radius 1 is 1.47 bits per heavy atom. The van der Waals surface area contributed by atoms with Crippen LogP contribution in [0.1, 0.15) is 39.0 Å². The molecule has 0 saturated carbocycles. The summed E-state index contributed by atoms with van der Waals surface area (Å²) in [5.74, 6) is -1.34. The van der Waals surface area contributed by atoms with Crippen LogP contribution in [0.15, 0.2) is 11.6 Å². The molecule has 0 fully saturated rings. The summed E-state index contributed by atoms with van der Waals surface area (Å²) in [5, 5.41) is 11.4. The number of carboxylic acid groups (broad SMARTS) is 1. The number of nitrogens with zero attached hydrogens (tertiary/aromatic N) is 3. The first-order valence-corrected chi connectivity index (χ1v) is 6.13. The first kappa shape index (κ1) is 13.5. The second kappa shape index (κ2) is 5.35. The van der Waals surface area contributed by atoms with E-state index in [1.165, 1.54) is 11.3 Å². The monoisotopic (exact) mass is 285 g/mol. The van der Waals surface area contributed by atoms with Gasteiger partial charge in [-0.05, 0) is 6.92 Å². The summed E-state index contributed by atoms with van der Waals surface area (Å²) in [6, 6.07) is 0. The van der Waals surface area contributed by atoms with E-state index in [-0.39, 0.29) is 12.2 Å². The minimum absolute atomic E-state index is 0.130. The van der Waals surface area contributed by atoms with E-state index < -0.39 is 23.7 Å². The van der Waals surface area contributed by atoms with Gasteiger partial charge in [-0.15, -0.1) is 11.3 Å². The van der Waals surface area contributed by atoms with Crippen molar-refractivity contribution in [1.29, 1.82) is 0 Å². The highest BCUT2D eigenvalue weighted by Crippen LogP contribution is 2.21. The number of aromatic carboxylic acids is 1. The predicted octanol–water partition coefficient (Wildman–Crippen LogP) is 2.47. The molecule has 0 aliphatic rings. The van der Waals surface area contributed by atoms with Crippen molar-refractivity contribution in [2.75, 3.05) is 0 Å². The normalized spacial score (nSPS) is 10.9. The molecule has 0 aliphatic carbocycles. The Kier molecular flexibility index (Phi) is 3.79. The number of aryl methyl sites for hydroxylation is 1. The number of carboxylic acids is 1. The van der Waals surface area contributed by atoms with Gasteiger partial charge in [0.25, 0.3) is 6.43 Å². The highest BCUT2D eigenvalue weighted by molar-refractivity contribution is 7.09. The van der Waals surface area contributed by atoms with Crippen LogP contribution in [0, 0.1) is 6.92 Å². The van der Waals surface area contributed by atoms with E-state index in [0.29, 0.717) is 5.69 Å². The summed E-state index contributed by atoms with van der Waals surface area (Å²) in [7, 11) is 0. The Balaban J connectivity index is 2.32. The number of hydrogen-bond donors (Lipinski definition) is 1. The fraction of sp³-hybridized carbons (Fsp3) is 0.273. The Morgan fingerprint density at radius 2 is 2.21 bits per heavy atom. The van der Waals surface area contributed by atoms with Crippen molar-refractivity contribution in [1.82, 2.24) is 15.0 Å². The number of thiazole rings is 1. The van der Waals surface area contributed by atoms with E-state index >= 15 is 0 Å². The average Bonchev–Trinajstić information content (AvgIpc) is 2.74. The first-order chi connectivity index (χ1) is 8.97. The van der Waals surface area contributed by atoms with Crippen LogP contribution in [0.25, 0.3) is 0 Å². The Morgan fingerprint density at radius 3 is 2.74 bits per heavy atom. The lowest BCUT2D eigenvalue weighted by molar-refractivity contribution is 0.0681. The van der Waals surface area contributed by atoms with Gasteiger partial charge in [-0.2, -0.15) is 0 Å². The third kappa shape index (κ3) is 3.08. The smallest absolute Gasteiger partial charge is 0.339 e. The van der Waals surface area contributed by atoms with Gasteiger partial charge in [-0.3, -0.25) is 0 Å². The van der Waals surface area contributed by atoms with Crippen LogP contribution in [-0.2, 0) is 6.42 Å². The maximum absolute atomic E-state index is 12.7. The van der Waals surface area contributed by atoms with Gasteiger partial charge in [0.1, 0.15) is 17.1 Å². The molecule has 2 aromatic heterocycles. The zero-order chi connectivity index (χ0) is 14.0. The quantitative estimate of drug-likeness (QED) is 0.933. The lowest BCUT2D eigenvalue weighted by atomic mass is 10.2. The molecular formula is C11H9F2N3O2S. The molecule has 2 aromatic rings. The van der Waals surface area contributed by atoms with Crippen LogP contribution in [0.4, 0.5) is 8.78 Å². The third-order valence-electron chi connectivity index (χ3n) is 2.31. The number of aromatic nitrogens is 3. The molecule has 100 valence electrons. The third-order valence-corrected chi connectivity index (χ3v) is 3.13. The van der Waals surface area contributed by atoms with E-state index in [4.69, 9.17) is 5.11 Å². The largest absolute Gasteiger partial charge is 0.478 e. The van der Waals surface area contributed by atoms with E-state index in [0.717, 1.165) is 11.2 Å². The Bertz CT molecular complexity index is 616. The number of hydrogen-bond acceptors (Lipinski definition) is 5. The van der Waals surface area contributed by atoms with Gasteiger partial charge >= 0.3 is 5.97 Å². The summed E-state index contributed by atoms with van der Waals surface area (Å²) in [6.45, 7) is 1.83. The maximum atomic E-state index is 12.7. The summed E-state index contributed by atoms with van der Waals surface area (Å²) < 4.78 is 25.5. The molecule has 5 nitrogen and oxygen atoms in total. The zero-order valence-electron chi connectivity index (χ0n) is 9.80. The van der Waals surface area contributed by atoms with Crippen LogP contribution in [-0.4, -0.2) is 26.0 Å². The topological polar surface area (TPSA) is 76.0 Å². The van der Waals surface area contributed by atoms with Gasteiger partial charge in [0.05, 0.1) is 17.1 Å². The molecule has 0 bridgehead atoms. The second-order valence-electron chi connectivity index (χ2n) is 3.73. The lowest BCUT2D eigenvalue weighted by Gasteiger charge is -2.05. The van der Waals surface area contributed by atoms with Gasteiger partial charge < -0.3 is 5.11 Å². The summed E-state index contributed by atoms with van der Waals surface area (Å²) in [6.07, 6.45) is -1.85. The van der Waals surface area contributed by atoms with E-state index in [2.05, 4.69) is 15.0 Å². The molecule has 0 aromatic carbocycles. The van der Waals surface area contributed by atoms with E-state index in [1.807, 2.05) is 6.92 Å². The average molecular weight is 285 g/mol. The van der Waals surface area contributed by atoms with E-state index in [9.17, 15) is 13.6 Å². The molecule has 2 rings (SSSR count). The van der Waals surface area contributed by atoms with Gasteiger partial charge in [0.15, 0.2) is 0 Å². The van der Waals surface area contributed by atoms with Crippen molar-refractivity contribution in [3.63, 3.8) is 0 Å². The SMILES string of the molecule is Cc1nc(Cc2ncc(C(=O)O)c(C(F)F)n2)cs1. The number of alkyl halides is 2. The second-order valence-corrected chi connectivity index (χ2v) is 4.79. The van der Waals surface area contributed by atoms with Gasteiger partial charge in [0.2, 0.25) is 0 Å². The zero-order valence-corrected chi connectivity index (χ0v) is 10.6. The molecule has 8 heteroatoms. The van der Waals surface area contributed by atoms with Crippen molar-refractivity contribution < 1.29 is 18.7 Å². The fourth-order valence-electron chi connectivity index (χ4n) is 1.50. The lowest BCUT2D eigenvalue weighted by Crippen LogP contribution is -2.10. The molecule has 0 spiro atoms. The molecule has 0 amide bonds. The molecular weight excluding hydrogens is 276 g/mol. The molecule has 0 saturated heterocycles. The number of rotatable bonds is 4. The highest BCUT2D eigenvalue weighted by Gasteiger charge is 2.21. The highest BCUT2D eigenvalue weighted by atomic mass is 32.1. The van der Waals surface area contributed by atoms with Crippen LogP contribution in [0.3, 0.4) is 0 Å². The van der Waals surface area contributed by atoms with E-state index in [1.54, 1.807) is 5.38 Å². The van der Waals surface area contributed by atoms with Crippen LogP contribution in [0.5, 0.6) is 0 Å². The Hall–Kier alpha value is -1.96. The van der Waals surface area contributed by atoms with Crippen molar-refractivity contribution in [3.8, 4) is 0 Å². The van der Waals surface area contributed by atoms with Crippen molar-refractivity contribution in [2.45, 2.75) is 19.8 Å². The summed E-state index contributed by atoms with van der Waals surface area (Å²) in [4.78, 5) is 22.4. The molecule has 0 aliphatic heterocycles.